The first-order valence-electron chi connectivity index (χ1n) is 7.66. The SMILES string of the molecule is CC(C)c1c(C(=O)O)c(-c2ccc(F)cc2)nn1-c1ccccc1. The van der Waals surface area contributed by atoms with Crippen LogP contribution in [-0.4, -0.2) is 20.9 Å². The molecule has 0 aliphatic heterocycles. The molecule has 0 aliphatic rings. The summed E-state index contributed by atoms with van der Waals surface area (Å²) in [4.78, 5) is 11.9. The zero-order valence-corrected chi connectivity index (χ0v) is 13.4. The molecule has 24 heavy (non-hydrogen) atoms. The van der Waals surface area contributed by atoms with Gasteiger partial charge in [-0.2, -0.15) is 5.10 Å². The summed E-state index contributed by atoms with van der Waals surface area (Å²) in [5.41, 5.74) is 2.48. The molecule has 0 amide bonds. The molecule has 5 heteroatoms. The lowest BCUT2D eigenvalue weighted by atomic mass is 10.00. The van der Waals surface area contributed by atoms with Gasteiger partial charge in [0.05, 0.1) is 11.4 Å². The number of aromatic nitrogens is 2. The number of nitrogens with zero attached hydrogens (tertiary/aromatic N) is 2. The van der Waals surface area contributed by atoms with Crippen LogP contribution in [0.1, 0.15) is 35.8 Å². The number of hydrogen-bond acceptors (Lipinski definition) is 2. The first-order chi connectivity index (χ1) is 11.5. The second-order valence-electron chi connectivity index (χ2n) is 5.82. The molecule has 0 fully saturated rings. The van der Waals surface area contributed by atoms with Gasteiger partial charge in [0.25, 0.3) is 0 Å². The maximum atomic E-state index is 13.2. The van der Waals surface area contributed by atoms with E-state index in [1.54, 1.807) is 16.8 Å². The highest BCUT2D eigenvalue weighted by Crippen LogP contribution is 2.32. The smallest absolute Gasteiger partial charge is 0.339 e. The number of carboxylic acids is 1. The normalized spacial score (nSPS) is 11.0. The predicted molar refractivity (Wildman–Crippen MR) is 90.0 cm³/mol. The molecule has 3 rings (SSSR count). The number of para-hydroxylation sites is 1. The Morgan fingerprint density at radius 1 is 1.08 bits per heavy atom. The standard InChI is InChI=1S/C19H17FN2O2/c1-12(2)18-16(19(23)24)17(13-8-10-14(20)11-9-13)21-22(18)15-6-4-3-5-7-15/h3-12H,1-2H3,(H,23,24). The van der Waals surface area contributed by atoms with Crippen molar-refractivity contribution in [3.63, 3.8) is 0 Å². The van der Waals surface area contributed by atoms with Gasteiger partial charge in [0.2, 0.25) is 0 Å². The van der Waals surface area contributed by atoms with Crippen LogP contribution in [0.2, 0.25) is 0 Å². The zero-order chi connectivity index (χ0) is 17.3. The number of aromatic carboxylic acids is 1. The van der Waals surface area contributed by atoms with Crippen LogP contribution >= 0.6 is 0 Å². The Balaban J connectivity index is 2.30. The molecule has 0 saturated heterocycles. The van der Waals surface area contributed by atoms with E-state index in [0.717, 1.165) is 5.69 Å². The third kappa shape index (κ3) is 2.80. The third-order valence-corrected chi connectivity index (χ3v) is 3.80. The second-order valence-corrected chi connectivity index (χ2v) is 5.82. The van der Waals surface area contributed by atoms with E-state index in [1.807, 2.05) is 44.2 Å². The van der Waals surface area contributed by atoms with E-state index in [4.69, 9.17) is 0 Å². The summed E-state index contributed by atoms with van der Waals surface area (Å²) in [7, 11) is 0. The van der Waals surface area contributed by atoms with Gasteiger partial charge in [0.15, 0.2) is 0 Å². The molecule has 0 unspecified atom stereocenters. The highest BCUT2D eigenvalue weighted by molar-refractivity contribution is 5.96. The van der Waals surface area contributed by atoms with Gasteiger partial charge in [0, 0.05) is 5.56 Å². The van der Waals surface area contributed by atoms with E-state index in [0.29, 0.717) is 17.0 Å². The van der Waals surface area contributed by atoms with Gasteiger partial charge < -0.3 is 5.11 Å². The van der Waals surface area contributed by atoms with Crippen molar-refractivity contribution >= 4 is 5.97 Å². The third-order valence-electron chi connectivity index (χ3n) is 3.80. The fourth-order valence-electron chi connectivity index (χ4n) is 2.75. The van der Waals surface area contributed by atoms with Crippen molar-refractivity contribution in [2.24, 2.45) is 0 Å². The molecule has 0 saturated carbocycles. The van der Waals surface area contributed by atoms with Crippen molar-refractivity contribution in [3.05, 3.63) is 71.7 Å². The van der Waals surface area contributed by atoms with Gasteiger partial charge in [-0.15, -0.1) is 0 Å². The molecule has 1 aromatic heterocycles. The first kappa shape index (κ1) is 15.9. The van der Waals surface area contributed by atoms with Crippen molar-refractivity contribution in [3.8, 4) is 16.9 Å². The van der Waals surface area contributed by atoms with Crippen LogP contribution in [0.25, 0.3) is 16.9 Å². The molecule has 0 atom stereocenters. The summed E-state index contributed by atoms with van der Waals surface area (Å²) in [6.07, 6.45) is 0. The lowest BCUT2D eigenvalue weighted by Gasteiger charge is -2.11. The van der Waals surface area contributed by atoms with E-state index in [2.05, 4.69) is 5.10 Å². The number of benzene rings is 2. The molecule has 2 aromatic carbocycles. The minimum Gasteiger partial charge on any atom is -0.478 e. The largest absolute Gasteiger partial charge is 0.478 e. The minimum atomic E-state index is -1.04. The van der Waals surface area contributed by atoms with Crippen LogP contribution in [0, 0.1) is 5.82 Å². The highest BCUT2D eigenvalue weighted by Gasteiger charge is 2.26. The zero-order valence-electron chi connectivity index (χ0n) is 13.4. The van der Waals surface area contributed by atoms with Crippen molar-refractivity contribution in [2.75, 3.05) is 0 Å². The minimum absolute atomic E-state index is 0.0435. The maximum absolute atomic E-state index is 13.2. The number of carbonyl (C=O) groups is 1. The Morgan fingerprint density at radius 3 is 2.25 bits per heavy atom. The average Bonchev–Trinajstić information content (AvgIpc) is 2.97. The summed E-state index contributed by atoms with van der Waals surface area (Å²) in [6.45, 7) is 3.86. The first-order valence-corrected chi connectivity index (χ1v) is 7.66. The summed E-state index contributed by atoms with van der Waals surface area (Å²) >= 11 is 0. The quantitative estimate of drug-likeness (QED) is 0.769. The monoisotopic (exact) mass is 324 g/mol. The van der Waals surface area contributed by atoms with Gasteiger partial charge in [-0.3, -0.25) is 0 Å². The van der Waals surface area contributed by atoms with Gasteiger partial charge >= 0.3 is 5.97 Å². The molecule has 0 bridgehead atoms. The van der Waals surface area contributed by atoms with Crippen LogP contribution < -0.4 is 0 Å². The molecule has 0 aliphatic carbocycles. The number of halogens is 1. The van der Waals surface area contributed by atoms with E-state index in [-0.39, 0.29) is 17.3 Å². The molecule has 1 heterocycles. The Hall–Kier alpha value is -2.95. The van der Waals surface area contributed by atoms with Crippen LogP contribution in [0.15, 0.2) is 54.6 Å². The van der Waals surface area contributed by atoms with Crippen molar-refractivity contribution in [1.82, 2.24) is 9.78 Å². The predicted octanol–water partition coefficient (Wildman–Crippen LogP) is 4.50. The fraction of sp³-hybridized carbons (Fsp3) is 0.158. The highest BCUT2D eigenvalue weighted by atomic mass is 19.1. The molecule has 122 valence electrons. The van der Waals surface area contributed by atoms with Crippen LogP contribution in [0.4, 0.5) is 4.39 Å². The maximum Gasteiger partial charge on any atom is 0.339 e. The van der Waals surface area contributed by atoms with Gasteiger partial charge in [-0.25, -0.2) is 13.9 Å². The molecular formula is C19H17FN2O2. The van der Waals surface area contributed by atoms with E-state index >= 15 is 0 Å². The Labute approximate surface area is 139 Å². The topological polar surface area (TPSA) is 55.1 Å². The molecule has 3 aromatic rings. The summed E-state index contributed by atoms with van der Waals surface area (Å²) < 4.78 is 14.9. The Morgan fingerprint density at radius 2 is 1.71 bits per heavy atom. The van der Waals surface area contributed by atoms with Gasteiger partial charge in [-0.1, -0.05) is 32.0 Å². The van der Waals surface area contributed by atoms with Gasteiger partial charge in [0.1, 0.15) is 17.1 Å². The Kier molecular flexibility index (Phi) is 4.16. The number of hydrogen-bond donors (Lipinski definition) is 1. The van der Waals surface area contributed by atoms with E-state index in [1.165, 1.54) is 12.1 Å². The summed E-state index contributed by atoms with van der Waals surface area (Å²) in [6, 6.07) is 15.1. The molecule has 1 N–H and O–H groups in total. The van der Waals surface area contributed by atoms with Crippen molar-refractivity contribution in [2.45, 2.75) is 19.8 Å². The molecular weight excluding hydrogens is 307 g/mol. The van der Waals surface area contributed by atoms with Gasteiger partial charge in [-0.05, 0) is 42.3 Å². The van der Waals surface area contributed by atoms with Crippen LogP contribution in [0.3, 0.4) is 0 Å². The van der Waals surface area contributed by atoms with E-state index < -0.39 is 5.97 Å². The van der Waals surface area contributed by atoms with E-state index in [9.17, 15) is 14.3 Å². The van der Waals surface area contributed by atoms with Crippen LogP contribution in [0.5, 0.6) is 0 Å². The number of carboxylic acid groups (broad SMARTS) is 1. The van der Waals surface area contributed by atoms with Crippen molar-refractivity contribution < 1.29 is 14.3 Å². The average molecular weight is 324 g/mol. The summed E-state index contributed by atoms with van der Waals surface area (Å²) in [5, 5.41) is 14.3. The van der Waals surface area contributed by atoms with Crippen molar-refractivity contribution in [1.29, 1.82) is 0 Å². The Bertz CT molecular complexity index is 868. The van der Waals surface area contributed by atoms with Crippen LogP contribution in [-0.2, 0) is 0 Å². The fourth-order valence-corrected chi connectivity index (χ4v) is 2.75. The molecule has 0 radical (unpaired) electrons. The number of rotatable bonds is 4. The molecule has 0 spiro atoms. The summed E-state index contributed by atoms with van der Waals surface area (Å²) in [5.74, 6) is -1.46. The lowest BCUT2D eigenvalue weighted by Crippen LogP contribution is -2.08. The molecule has 4 nitrogen and oxygen atoms in total. The second kappa shape index (κ2) is 6.28. The lowest BCUT2D eigenvalue weighted by molar-refractivity contribution is 0.0696.